The average Bonchev–Trinajstić information content (AvgIpc) is 3.15. The average molecular weight is 429 g/mol. The van der Waals surface area contributed by atoms with Crippen LogP contribution in [0.3, 0.4) is 0 Å². The summed E-state index contributed by atoms with van der Waals surface area (Å²) in [7, 11) is -3.40. The summed E-state index contributed by atoms with van der Waals surface area (Å²) in [5.41, 5.74) is 3.42. The zero-order chi connectivity index (χ0) is 21.2. The molecule has 0 saturated carbocycles. The van der Waals surface area contributed by atoms with Gasteiger partial charge in [-0.1, -0.05) is 56.3 Å². The summed E-state index contributed by atoms with van der Waals surface area (Å²) < 4.78 is 33.3. The van der Waals surface area contributed by atoms with Crippen molar-refractivity contribution >= 4 is 15.7 Å². The first-order valence-electron chi connectivity index (χ1n) is 10.8. The molecule has 4 rings (SSSR count). The Morgan fingerprint density at radius 2 is 1.73 bits per heavy atom. The monoisotopic (exact) mass is 428 g/mol. The molecule has 0 aliphatic carbocycles. The first-order valence-corrected chi connectivity index (χ1v) is 12.4. The fraction of sp³-hybridized carbons (Fsp3) is 0.500. The SMILES string of the molecule is CC(C)CN(Cc1ccc(N2CCC3(COC3)C2)cc1)S(=O)(=O)Cc1ccccc1. The van der Waals surface area contributed by atoms with Gasteiger partial charge in [-0.2, -0.15) is 4.31 Å². The molecule has 1 spiro atoms. The van der Waals surface area contributed by atoms with E-state index in [9.17, 15) is 8.42 Å². The third kappa shape index (κ3) is 4.88. The number of ether oxygens (including phenoxy) is 1. The number of rotatable bonds is 8. The van der Waals surface area contributed by atoms with Gasteiger partial charge in [-0.3, -0.25) is 0 Å². The Bertz CT molecular complexity index is 938. The molecule has 2 heterocycles. The Hall–Kier alpha value is -1.89. The van der Waals surface area contributed by atoms with E-state index in [-0.39, 0.29) is 11.7 Å². The molecule has 6 heteroatoms. The largest absolute Gasteiger partial charge is 0.380 e. The lowest BCUT2D eigenvalue weighted by atomic mass is 9.85. The maximum absolute atomic E-state index is 13.1. The second kappa shape index (κ2) is 8.69. The number of nitrogens with zero attached hydrogens (tertiary/aromatic N) is 2. The zero-order valence-corrected chi connectivity index (χ0v) is 18.8. The standard InChI is InChI=1S/C24H32N2O3S/c1-20(2)14-26(30(27,28)16-22-6-4-3-5-7-22)15-21-8-10-23(11-9-21)25-13-12-24(17-25)18-29-19-24/h3-11,20H,12-19H2,1-2H3. The number of hydrogen-bond donors (Lipinski definition) is 0. The number of hydrogen-bond acceptors (Lipinski definition) is 4. The van der Waals surface area contributed by atoms with Gasteiger partial charge in [-0.15, -0.1) is 0 Å². The molecular formula is C24H32N2O3S. The Labute approximate surface area is 180 Å². The Morgan fingerprint density at radius 1 is 1.03 bits per heavy atom. The van der Waals surface area contributed by atoms with E-state index in [4.69, 9.17) is 4.74 Å². The smallest absolute Gasteiger partial charge is 0.218 e. The van der Waals surface area contributed by atoms with E-state index in [0.717, 1.165) is 37.4 Å². The minimum absolute atomic E-state index is 0.0383. The van der Waals surface area contributed by atoms with E-state index in [1.165, 1.54) is 12.1 Å². The van der Waals surface area contributed by atoms with E-state index in [0.29, 0.717) is 18.5 Å². The summed E-state index contributed by atoms with van der Waals surface area (Å²) in [6.07, 6.45) is 1.19. The highest BCUT2D eigenvalue weighted by molar-refractivity contribution is 7.88. The summed E-state index contributed by atoms with van der Waals surface area (Å²) >= 11 is 0. The Morgan fingerprint density at radius 3 is 2.30 bits per heavy atom. The van der Waals surface area contributed by atoms with Crippen molar-refractivity contribution in [1.82, 2.24) is 4.31 Å². The van der Waals surface area contributed by atoms with Gasteiger partial charge >= 0.3 is 0 Å². The second-order valence-electron chi connectivity index (χ2n) is 9.26. The molecule has 2 saturated heterocycles. The number of anilines is 1. The Kier molecular flexibility index (Phi) is 6.19. The van der Waals surface area contributed by atoms with Crippen LogP contribution >= 0.6 is 0 Å². The first kappa shape index (κ1) is 21.3. The third-order valence-corrected chi connectivity index (χ3v) is 7.83. The highest BCUT2D eigenvalue weighted by atomic mass is 32.2. The van der Waals surface area contributed by atoms with E-state index in [1.807, 2.05) is 30.3 Å². The van der Waals surface area contributed by atoms with Crippen molar-refractivity contribution in [3.63, 3.8) is 0 Å². The molecular weight excluding hydrogens is 396 g/mol. The summed E-state index contributed by atoms with van der Waals surface area (Å²) in [4.78, 5) is 2.42. The number of sulfonamides is 1. The third-order valence-electron chi connectivity index (χ3n) is 6.07. The number of benzene rings is 2. The van der Waals surface area contributed by atoms with E-state index in [2.05, 4.69) is 43.0 Å². The quantitative estimate of drug-likeness (QED) is 0.640. The molecule has 162 valence electrons. The van der Waals surface area contributed by atoms with Crippen LogP contribution in [0.4, 0.5) is 5.69 Å². The van der Waals surface area contributed by atoms with Gasteiger partial charge in [-0.25, -0.2) is 8.42 Å². The van der Waals surface area contributed by atoms with E-state index < -0.39 is 10.0 Å². The molecule has 0 radical (unpaired) electrons. The lowest BCUT2D eigenvalue weighted by Gasteiger charge is -2.37. The molecule has 0 bridgehead atoms. The fourth-order valence-electron chi connectivity index (χ4n) is 4.36. The van der Waals surface area contributed by atoms with Gasteiger partial charge in [0.2, 0.25) is 10.0 Å². The van der Waals surface area contributed by atoms with Crippen LogP contribution in [0.15, 0.2) is 54.6 Å². The predicted octanol–water partition coefficient (Wildman–Crippen LogP) is 3.90. The van der Waals surface area contributed by atoms with Crippen molar-refractivity contribution < 1.29 is 13.2 Å². The predicted molar refractivity (Wildman–Crippen MR) is 121 cm³/mol. The highest BCUT2D eigenvalue weighted by Crippen LogP contribution is 2.39. The lowest BCUT2D eigenvalue weighted by Crippen LogP contribution is -2.44. The van der Waals surface area contributed by atoms with E-state index >= 15 is 0 Å². The highest BCUT2D eigenvalue weighted by Gasteiger charge is 2.44. The fourth-order valence-corrected chi connectivity index (χ4v) is 6.02. The van der Waals surface area contributed by atoms with Crippen molar-refractivity contribution in [3.05, 3.63) is 65.7 Å². The van der Waals surface area contributed by atoms with Crippen LogP contribution in [0.1, 0.15) is 31.4 Å². The summed E-state index contributed by atoms with van der Waals surface area (Å²) in [6.45, 7) is 8.92. The van der Waals surface area contributed by atoms with Crippen LogP contribution in [0.25, 0.3) is 0 Å². The molecule has 0 atom stereocenters. The molecule has 2 fully saturated rings. The van der Waals surface area contributed by atoms with Crippen molar-refractivity contribution in [2.45, 2.75) is 32.6 Å². The topological polar surface area (TPSA) is 49.9 Å². The van der Waals surface area contributed by atoms with Crippen LogP contribution in [-0.4, -0.2) is 45.6 Å². The normalized spacial score (nSPS) is 18.3. The first-order chi connectivity index (χ1) is 14.4. The molecule has 2 aliphatic heterocycles. The van der Waals surface area contributed by atoms with Crippen molar-refractivity contribution in [2.24, 2.45) is 11.3 Å². The lowest BCUT2D eigenvalue weighted by molar-refractivity contribution is -0.0985. The molecule has 0 amide bonds. The molecule has 5 nitrogen and oxygen atoms in total. The summed E-state index contributed by atoms with van der Waals surface area (Å²) in [5, 5.41) is 0. The molecule has 2 aromatic rings. The summed E-state index contributed by atoms with van der Waals surface area (Å²) in [5.74, 6) is 0.302. The van der Waals surface area contributed by atoms with E-state index in [1.54, 1.807) is 4.31 Å². The van der Waals surface area contributed by atoms with Gasteiger partial charge in [0.05, 0.1) is 19.0 Å². The van der Waals surface area contributed by atoms with Crippen molar-refractivity contribution in [2.75, 3.05) is 37.7 Å². The molecule has 0 aromatic heterocycles. The van der Waals surface area contributed by atoms with Crippen molar-refractivity contribution in [3.8, 4) is 0 Å². The van der Waals surface area contributed by atoms with Gasteiger partial charge < -0.3 is 9.64 Å². The summed E-state index contributed by atoms with van der Waals surface area (Å²) in [6, 6.07) is 17.8. The zero-order valence-electron chi connectivity index (χ0n) is 18.0. The second-order valence-corrected chi connectivity index (χ2v) is 11.2. The van der Waals surface area contributed by atoms with Crippen molar-refractivity contribution in [1.29, 1.82) is 0 Å². The van der Waals surface area contributed by atoms with Crippen LogP contribution in [-0.2, 0) is 27.1 Å². The minimum atomic E-state index is -3.40. The van der Waals surface area contributed by atoms with Crippen LogP contribution in [0.2, 0.25) is 0 Å². The van der Waals surface area contributed by atoms with Gasteiger partial charge in [0, 0.05) is 37.3 Å². The maximum atomic E-state index is 13.1. The molecule has 2 aromatic carbocycles. The maximum Gasteiger partial charge on any atom is 0.218 e. The van der Waals surface area contributed by atoms with Crippen LogP contribution < -0.4 is 4.90 Å². The van der Waals surface area contributed by atoms with Gasteiger partial charge in [-0.05, 0) is 35.6 Å². The van der Waals surface area contributed by atoms with Gasteiger partial charge in [0.1, 0.15) is 0 Å². The molecule has 30 heavy (non-hydrogen) atoms. The molecule has 2 aliphatic rings. The minimum Gasteiger partial charge on any atom is -0.380 e. The molecule has 0 unspecified atom stereocenters. The van der Waals surface area contributed by atoms with Gasteiger partial charge in [0.15, 0.2) is 0 Å². The van der Waals surface area contributed by atoms with Gasteiger partial charge in [0.25, 0.3) is 0 Å². The van der Waals surface area contributed by atoms with Crippen LogP contribution in [0.5, 0.6) is 0 Å². The Balaban J connectivity index is 1.45. The van der Waals surface area contributed by atoms with Crippen LogP contribution in [0, 0.1) is 11.3 Å². The molecule has 0 N–H and O–H groups in total.